The van der Waals surface area contributed by atoms with Crippen LogP contribution in [0.5, 0.6) is 5.75 Å². The number of phenols is 1. The number of nitrogens with zero attached hydrogens (tertiary/aromatic N) is 3. The van der Waals surface area contributed by atoms with Crippen molar-refractivity contribution in [3.63, 3.8) is 0 Å². The van der Waals surface area contributed by atoms with Crippen LogP contribution in [0.3, 0.4) is 0 Å². The first kappa shape index (κ1) is 30.8. The van der Waals surface area contributed by atoms with Crippen molar-refractivity contribution < 1.29 is 32.7 Å². The molecule has 3 heterocycles. The van der Waals surface area contributed by atoms with Crippen LogP contribution in [0.25, 0.3) is 11.1 Å². The molecule has 2 amide bonds. The molecule has 0 spiro atoms. The van der Waals surface area contributed by atoms with E-state index in [9.17, 15) is 32.7 Å². The predicted molar refractivity (Wildman–Crippen MR) is 168 cm³/mol. The number of rotatable bonds is 8. The average Bonchev–Trinajstić information content (AvgIpc) is 3.66. The summed E-state index contributed by atoms with van der Waals surface area (Å²) >= 11 is 0. The van der Waals surface area contributed by atoms with Crippen molar-refractivity contribution >= 4 is 32.7 Å². The Morgan fingerprint density at radius 3 is 2.41 bits per heavy atom. The summed E-state index contributed by atoms with van der Waals surface area (Å²) in [4.78, 5) is 59.4. The number of aromatic nitrogens is 1. The van der Waals surface area contributed by atoms with Crippen LogP contribution in [0.1, 0.15) is 32.8 Å². The highest BCUT2D eigenvalue weighted by Gasteiger charge is 2.55. The molecule has 2 aliphatic heterocycles. The molecule has 234 valence electrons. The van der Waals surface area contributed by atoms with Crippen molar-refractivity contribution in [3.8, 4) is 16.9 Å². The normalized spacial score (nSPS) is 18.6. The molecule has 0 saturated carbocycles. The van der Waals surface area contributed by atoms with E-state index in [0.29, 0.717) is 16.7 Å². The lowest BCUT2D eigenvalue weighted by atomic mass is 9.98. The SMILES string of the molecule is O=C(NC(Cc1cccc(O)c1)C(=O)N1CCC2C1C(=O)CN2S(=O)(=O)C(=O)c1ccccn1)c1ccccc1-c1ccccc1. The second kappa shape index (κ2) is 12.7. The van der Waals surface area contributed by atoms with Gasteiger partial charge in [0.2, 0.25) is 5.91 Å². The Morgan fingerprint density at radius 2 is 1.67 bits per heavy atom. The average molecular weight is 639 g/mol. The molecule has 2 saturated heterocycles. The third-order valence-corrected chi connectivity index (χ3v) is 9.98. The fraction of sp³-hybridized carbons (Fsp3) is 0.206. The molecule has 46 heavy (non-hydrogen) atoms. The van der Waals surface area contributed by atoms with Crippen LogP contribution in [0.15, 0.2) is 103 Å². The number of Topliss-reactive ketones (excluding diaryl/α,β-unsaturated/α-hetero) is 1. The molecule has 0 bridgehead atoms. The Hall–Kier alpha value is -5.20. The summed E-state index contributed by atoms with van der Waals surface area (Å²) in [6.45, 7) is -0.523. The van der Waals surface area contributed by atoms with Gasteiger partial charge in [0.25, 0.3) is 15.9 Å². The number of carbonyl (C=O) groups is 4. The molecule has 2 N–H and O–H groups in total. The van der Waals surface area contributed by atoms with Gasteiger partial charge in [0.1, 0.15) is 23.5 Å². The smallest absolute Gasteiger partial charge is 0.310 e. The number of fused-ring (bicyclic) bond motifs is 1. The van der Waals surface area contributed by atoms with E-state index in [0.717, 1.165) is 9.87 Å². The van der Waals surface area contributed by atoms with E-state index in [1.165, 1.54) is 35.4 Å². The summed E-state index contributed by atoms with van der Waals surface area (Å²) in [7, 11) is -4.61. The molecule has 3 atom stereocenters. The van der Waals surface area contributed by atoms with Gasteiger partial charge in [0.05, 0.1) is 12.6 Å². The number of nitrogens with one attached hydrogen (secondary N) is 1. The van der Waals surface area contributed by atoms with Gasteiger partial charge < -0.3 is 15.3 Å². The van der Waals surface area contributed by atoms with Crippen LogP contribution in [-0.2, 0) is 26.0 Å². The van der Waals surface area contributed by atoms with Crippen molar-refractivity contribution in [2.45, 2.75) is 31.0 Å². The third kappa shape index (κ3) is 5.92. The standard InChI is InChI=1S/C34H30N4O7S/c39-24-12-8-9-22(19-24)20-28(36-32(41)26-14-5-4-13-25(26)23-10-2-1-3-11-23)33(42)37-18-16-29-31(37)30(40)21-38(29)46(44,45)34(43)27-15-6-7-17-35-27/h1-15,17,19,28-29,31,39H,16,18,20-21H2,(H,36,41). The largest absolute Gasteiger partial charge is 0.508 e. The third-order valence-electron chi connectivity index (χ3n) is 8.29. The highest BCUT2D eigenvalue weighted by atomic mass is 32.2. The molecular weight excluding hydrogens is 608 g/mol. The molecule has 1 aromatic heterocycles. The number of ketones is 1. The molecule has 2 aliphatic rings. The van der Waals surface area contributed by atoms with Gasteiger partial charge in [0.15, 0.2) is 5.78 Å². The summed E-state index contributed by atoms with van der Waals surface area (Å²) in [5.74, 6) is -1.64. The Balaban J connectivity index is 1.28. The number of sulfonamides is 1. The van der Waals surface area contributed by atoms with Crippen molar-refractivity contribution in [1.29, 1.82) is 0 Å². The fourth-order valence-electron chi connectivity index (χ4n) is 6.17. The van der Waals surface area contributed by atoms with Gasteiger partial charge in [-0.2, -0.15) is 4.31 Å². The van der Waals surface area contributed by atoms with Crippen molar-refractivity contribution in [1.82, 2.24) is 19.5 Å². The van der Waals surface area contributed by atoms with Crippen molar-refractivity contribution in [2.75, 3.05) is 13.1 Å². The molecule has 6 rings (SSSR count). The first-order valence-corrected chi connectivity index (χ1v) is 16.1. The second-order valence-electron chi connectivity index (χ2n) is 11.2. The highest BCUT2D eigenvalue weighted by molar-refractivity contribution is 8.04. The van der Waals surface area contributed by atoms with Crippen LogP contribution in [0.4, 0.5) is 0 Å². The molecule has 0 radical (unpaired) electrons. The molecule has 3 unspecified atom stereocenters. The monoisotopic (exact) mass is 638 g/mol. The van der Waals surface area contributed by atoms with Crippen LogP contribution < -0.4 is 5.32 Å². The van der Waals surface area contributed by atoms with E-state index in [-0.39, 0.29) is 30.8 Å². The zero-order valence-corrected chi connectivity index (χ0v) is 25.3. The number of hydrogen-bond acceptors (Lipinski definition) is 8. The fourth-order valence-corrected chi connectivity index (χ4v) is 7.64. The zero-order valence-electron chi connectivity index (χ0n) is 24.5. The molecule has 11 nitrogen and oxygen atoms in total. The maximum absolute atomic E-state index is 14.2. The predicted octanol–water partition coefficient (Wildman–Crippen LogP) is 2.82. The number of carbonyl (C=O) groups excluding carboxylic acids is 4. The second-order valence-corrected chi connectivity index (χ2v) is 13.0. The van der Waals surface area contributed by atoms with Gasteiger partial charge in [-0.15, -0.1) is 0 Å². The zero-order chi connectivity index (χ0) is 32.4. The number of pyridine rings is 1. The summed E-state index contributed by atoms with van der Waals surface area (Å²) in [5.41, 5.74) is 2.10. The summed E-state index contributed by atoms with van der Waals surface area (Å²) in [6.07, 6.45) is 1.42. The van der Waals surface area contributed by atoms with E-state index >= 15 is 0 Å². The van der Waals surface area contributed by atoms with Crippen molar-refractivity contribution in [2.24, 2.45) is 0 Å². The quantitative estimate of drug-likeness (QED) is 0.299. The first-order valence-electron chi connectivity index (χ1n) is 14.7. The molecule has 12 heteroatoms. The highest BCUT2D eigenvalue weighted by Crippen LogP contribution is 2.33. The maximum Gasteiger partial charge on any atom is 0.310 e. The number of amides is 2. The van der Waals surface area contributed by atoms with Crippen LogP contribution >= 0.6 is 0 Å². The van der Waals surface area contributed by atoms with Gasteiger partial charge in [-0.25, -0.2) is 8.42 Å². The van der Waals surface area contributed by atoms with E-state index in [2.05, 4.69) is 10.3 Å². The number of hydrogen-bond donors (Lipinski definition) is 2. The molecule has 0 aliphatic carbocycles. The topological polar surface area (TPSA) is 154 Å². The van der Waals surface area contributed by atoms with E-state index in [1.54, 1.807) is 36.4 Å². The van der Waals surface area contributed by atoms with Gasteiger partial charge in [-0.3, -0.25) is 24.2 Å². The Labute approximate surface area is 265 Å². The van der Waals surface area contributed by atoms with Crippen LogP contribution in [0.2, 0.25) is 0 Å². The minimum atomic E-state index is -4.61. The van der Waals surface area contributed by atoms with Gasteiger partial charge in [-0.1, -0.05) is 66.7 Å². The van der Waals surface area contributed by atoms with Crippen LogP contribution in [-0.4, -0.2) is 81.6 Å². The minimum Gasteiger partial charge on any atom is -0.508 e. The lowest BCUT2D eigenvalue weighted by molar-refractivity contribution is -0.138. The minimum absolute atomic E-state index is 0.00523. The summed E-state index contributed by atoms with van der Waals surface area (Å²) in [6, 6.07) is 23.7. The number of phenolic OH excluding ortho intramolecular Hbond substituents is 1. The maximum atomic E-state index is 14.2. The summed E-state index contributed by atoms with van der Waals surface area (Å²) < 4.78 is 27.6. The molecular formula is C34H30N4O7S. The number of aromatic hydroxyl groups is 1. The Bertz CT molecular complexity index is 1920. The molecule has 3 aromatic carbocycles. The Kier molecular flexibility index (Phi) is 8.48. The lowest BCUT2D eigenvalue weighted by Gasteiger charge is -2.28. The van der Waals surface area contributed by atoms with Crippen LogP contribution in [0, 0.1) is 0 Å². The van der Waals surface area contributed by atoms with Gasteiger partial charge in [0, 0.05) is 24.7 Å². The number of likely N-dealkylation sites (tertiary alicyclic amines) is 1. The van der Waals surface area contributed by atoms with Gasteiger partial charge in [-0.05, 0) is 53.4 Å². The van der Waals surface area contributed by atoms with Gasteiger partial charge >= 0.3 is 5.12 Å². The van der Waals surface area contributed by atoms with Crippen molar-refractivity contribution in [3.05, 3.63) is 120 Å². The first-order chi connectivity index (χ1) is 22.1. The molecule has 4 aromatic rings. The lowest BCUT2D eigenvalue weighted by Crippen LogP contribution is -2.53. The Morgan fingerprint density at radius 1 is 0.935 bits per heavy atom. The molecule has 2 fully saturated rings. The number of benzene rings is 3. The van der Waals surface area contributed by atoms with E-state index in [4.69, 9.17) is 0 Å². The van der Waals surface area contributed by atoms with E-state index < -0.39 is 57.4 Å². The van der Waals surface area contributed by atoms with E-state index in [1.807, 2.05) is 36.4 Å². The summed E-state index contributed by atoms with van der Waals surface area (Å²) in [5, 5.41) is 11.7.